The van der Waals surface area contributed by atoms with E-state index in [1.165, 1.54) is 0 Å². The summed E-state index contributed by atoms with van der Waals surface area (Å²) in [6, 6.07) is 0.365. The highest BCUT2D eigenvalue weighted by Gasteiger charge is 2.24. The van der Waals surface area contributed by atoms with Gasteiger partial charge in [-0.05, 0) is 19.4 Å². The number of carbonyl (C=O) groups excluding carboxylic acids is 1. The molecule has 0 bridgehead atoms. The van der Waals surface area contributed by atoms with Crippen LogP contribution in [0.1, 0.15) is 49.9 Å². The first kappa shape index (κ1) is 17.3. The molecular weight excluding hydrogens is 283 g/mol. The van der Waals surface area contributed by atoms with Crippen molar-refractivity contribution in [3.8, 4) is 5.75 Å². The molecule has 3 nitrogen and oxygen atoms in total. The van der Waals surface area contributed by atoms with E-state index in [9.17, 15) is 18.0 Å². The summed E-state index contributed by atoms with van der Waals surface area (Å²) in [7, 11) is 1.01. The molecule has 1 aromatic carbocycles. The molecule has 0 heterocycles. The van der Waals surface area contributed by atoms with Crippen molar-refractivity contribution in [3.63, 3.8) is 0 Å². The molecule has 0 aliphatic rings. The molecule has 21 heavy (non-hydrogen) atoms. The lowest BCUT2D eigenvalue weighted by Gasteiger charge is -2.15. The fourth-order valence-electron chi connectivity index (χ4n) is 2.00. The van der Waals surface area contributed by atoms with Crippen LogP contribution in [-0.4, -0.2) is 19.1 Å². The Labute approximate surface area is 122 Å². The summed E-state index contributed by atoms with van der Waals surface area (Å²) in [5.74, 6) is -5.64. The number of carbonyl (C=O) groups is 1. The Bertz CT molecular complexity index is 506. The average molecular weight is 303 g/mol. The van der Waals surface area contributed by atoms with E-state index in [0.29, 0.717) is 6.07 Å². The van der Waals surface area contributed by atoms with Crippen molar-refractivity contribution in [3.05, 3.63) is 29.1 Å². The van der Waals surface area contributed by atoms with E-state index in [2.05, 4.69) is 17.0 Å². The molecule has 0 spiro atoms. The van der Waals surface area contributed by atoms with Crippen molar-refractivity contribution < 1.29 is 22.7 Å². The van der Waals surface area contributed by atoms with E-state index >= 15 is 0 Å². The van der Waals surface area contributed by atoms with E-state index in [4.69, 9.17) is 0 Å². The van der Waals surface area contributed by atoms with E-state index in [0.717, 1.165) is 32.8 Å². The minimum Gasteiger partial charge on any atom is -0.491 e. The maximum absolute atomic E-state index is 13.9. The summed E-state index contributed by atoms with van der Waals surface area (Å²) < 4.78 is 45.0. The third kappa shape index (κ3) is 4.37. The zero-order valence-corrected chi connectivity index (χ0v) is 12.4. The Balaban J connectivity index is 2.85. The number of benzene rings is 1. The van der Waals surface area contributed by atoms with E-state index in [-0.39, 0.29) is 6.04 Å². The molecule has 0 saturated carbocycles. The van der Waals surface area contributed by atoms with Crippen LogP contribution in [0.4, 0.5) is 13.2 Å². The lowest BCUT2D eigenvalue weighted by molar-refractivity contribution is 0.0932. The maximum Gasteiger partial charge on any atom is 0.254 e. The minimum absolute atomic E-state index is 0.178. The van der Waals surface area contributed by atoms with Gasteiger partial charge in [-0.3, -0.25) is 4.79 Å². The number of hydrogen-bond acceptors (Lipinski definition) is 2. The lowest BCUT2D eigenvalue weighted by Crippen LogP contribution is -2.33. The van der Waals surface area contributed by atoms with Crippen LogP contribution in [0.3, 0.4) is 0 Å². The second kappa shape index (κ2) is 7.90. The molecule has 1 N–H and O–H groups in total. The van der Waals surface area contributed by atoms with E-state index < -0.39 is 34.7 Å². The summed E-state index contributed by atoms with van der Waals surface area (Å²) in [5.41, 5.74) is -0.562. The first-order valence-electron chi connectivity index (χ1n) is 6.94. The largest absolute Gasteiger partial charge is 0.491 e. The van der Waals surface area contributed by atoms with Crippen molar-refractivity contribution in [2.45, 2.75) is 45.6 Å². The van der Waals surface area contributed by atoms with E-state index in [1.807, 2.05) is 0 Å². The number of unbranched alkanes of at least 4 members (excludes halogenated alkanes) is 2. The fourth-order valence-corrected chi connectivity index (χ4v) is 2.00. The van der Waals surface area contributed by atoms with Gasteiger partial charge in [0, 0.05) is 6.04 Å². The maximum atomic E-state index is 13.9. The molecule has 0 saturated heterocycles. The topological polar surface area (TPSA) is 38.3 Å². The zero-order chi connectivity index (χ0) is 16.0. The zero-order valence-electron chi connectivity index (χ0n) is 12.4. The number of amides is 1. The molecule has 0 aromatic heterocycles. The predicted octanol–water partition coefficient (Wildman–Crippen LogP) is 3.81. The van der Waals surface area contributed by atoms with Crippen molar-refractivity contribution in [1.82, 2.24) is 5.32 Å². The van der Waals surface area contributed by atoms with Crippen LogP contribution in [-0.2, 0) is 0 Å². The van der Waals surface area contributed by atoms with Crippen LogP contribution in [0.25, 0.3) is 0 Å². The quantitative estimate of drug-likeness (QED) is 0.614. The molecular formula is C15H20F3NO2. The van der Waals surface area contributed by atoms with Crippen LogP contribution in [0.2, 0.25) is 0 Å². The first-order valence-corrected chi connectivity index (χ1v) is 6.94. The van der Waals surface area contributed by atoms with Crippen LogP contribution >= 0.6 is 0 Å². The van der Waals surface area contributed by atoms with Crippen LogP contribution in [0.5, 0.6) is 5.75 Å². The van der Waals surface area contributed by atoms with Gasteiger partial charge in [-0.25, -0.2) is 8.78 Å². The SMILES string of the molecule is CCCCCC(C)NC(=O)c1cc(F)c(F)c(OC)c1F. The molecule has 1 aromatic rings. The molecule has 1 atom stereocenters. The average Bonchev–Trinajstić information content (AvgIpc) is 2.43. The highest BCUT2D eigenvalue weighted by molar-refractivity contribution is 5.95. The highest BCUT2D eigenvalue weighted by atomic mass is 19.2. The van der Waals surface area contributed by atoms with Crippen molar-refractivity contribution in [1.29, 1.82) is 0 Å². The predicted molar refractivity (Wildman–Crippen MR) is 73.9 cm³/mol. The summed E-state index contributed by atoms with van der Waals surface area (Å²) in [6.45, 7) is 3.84. The lowest BCUT2D eigenvalue weighted by atomic mass is 10.1. The fraction of sp³-hybridized carbons (Fsp3) is 0.533. The Morgan fingerprint density at radius 3 is 2.52 bits per heavy atom. The number of nitrogens with one attached hydrogen (secondary N) is 1. The smallest absolute Gasteiger partial charge is 0.254 e. The standard InChI is InChI=1S/C15H20F3NO2/c1-4-5-6-7-9(2)19-15(20)10-8-11(16)13(18)14(21-3)12(10)17/h8-9H,4-7H2,1-3H3,(H,19,20). The third-order valence-corrected chi connectivity index (χ3v) is 3.18. The Kier molecular flexibility index (Phi) is 6.52. The summed E-state index contributed by atoms with van der Waals surface area (Å²) in [6.07, 6.45) is 3.76. The monoisotopic (exact) mass is 303 g/mol. The van der Waals surface area contributed by atoms with Gasteiger partial charge in [0.15, 0.2) is 17.4 Å². The van der Waals surface area contributed by atoms with Crippen molar-refractivity contribution >= 4 is 5.91 Å². The molecule has 118 valence electrons. The molecule has 1 amide bonds. The van der Waals surface area contributed by atoms with Gasteiger partial charge in [-0.1, -0.05) is 26.2 Å². The molecule has 0 radical (unpaired) electrons. The minimum atomic E-state index is -1.44. The van der Waals surface area contributed by atoms with Gasteiger partial charge in [-0.2, -0.15) is 4.39 Å². The van der Waals surface area contributed by atoms with E-state index in [1.54, 1.807) is 6.92 Å². The Morgan fingerprint density at radius 2 is 1.95 bits per heavy atom. The van der Waals surface area contributed by atoms with Gasteiger partial charge in [0.25, 0.3) is 5.91 Å². The number of rotatable bonds is 7. The van der Waals surface area contributed by atoms with Gasteiger partial charge in [0.2, 0.25) is 5.82 Å². The molecule has 1 unspecified atom stereocenters. The molecule has 6 heteroatoms. The van der Waals surface area contributed by atoms with Gasteiger partial charge in [-0.15, -0.1) is 0 Å². The van der Waals surface area contributed by atoms with Gasteiger partial charge >= 0.3 is 0 Å². The van der Waals surface area contributed by atoms with Gasteiger partial charge in [0.05, 0.1) is 12.7 Å². The molecule has 0 aliphatic heterocycles. The van der Waals surface area contributed by atoms with Crippen LogP contribution < -0.4 is 10.1 Å². The van der Waals surface area contributed by atoms with Gasteiger partial charge < -0.3 is 10.1 Å². The number of halogens is 3. The van der Waals surface area contributed by atoms with Crippen LogP contribution in [0.15, 0.2) is 6.07 Å². The second-order valence-corrected chi connectivity index (χ2v) is 4.94. The number of ether oxygens (including phenoxy) is 1. The van der Waals surface area contributed by atoms with Gasteiger partial charge in [0.1, 0.15) is 0 Å². The summed E-state index contributed by atoms with van der Waals surface area (Å²) >= 11 is 0. The highest BCUT2D eigenvalue weighted by Crippen LogP contribution is 2.27. The van der Waals surface area contributed by atoms with Crippen molar-refractivity contribution in [2.24, 2.45) is 0 Å². The third-order valence-electron chi connectivity index (χ3n) is 3.18. The molecule has 0 aliphatic carbocycles. The van der Waals surface area contributed by atoms with Crippen LogP contribution in [0, 0.1) is 17.5 Å². The molecule has 0 fully saturated rings. The van der Waals surface area contributed by atoms with Crippen molar-refractivity contribution in [2.75, 3.05) is 7.11 Å². The molecule has 1 rings (SSSR count). The Morgan fingerprint density at radius 1 is 1.29 bits per heavy atom. The number of methoxy groups -OCH3 is 1. The summed E-state index contributed by atoms with van der Waals surface area (Å²) in [5, 5.41) is 2.57. The normalized spacial score (nSPS) is 12.1. The number of hydrogen-bond donors (Lipinski definition) is 1. The second-order valence-electron chi connectivity index (χ2n) is 4.94. The first-order chi connectivity index (χ1) is 9.92. The summed E-state index contributed by atoms with van der Waals surface area (Å²) in [4.78, 5) is 11.9. The Hall–Kier alpha value is -1.72.